The Hall–Kier alpha value is -1.08. The Kier molecular flexibility index (Phi) is 4.60. The van der Waals surface area contributed by atoms with Crippen molar-refractivity contribution in [1.29, 1.82) is 0 Å². The highest BCUT2D eigenvalue weighted by Crippen LogP contribution is 2.54. The Bertz CT molecular complexity index is 483. The zero-order valence-corrected chi connectivity index (χ0v) is 11.5. The smallest absolute Gasteiger partial charge is 0.229 e. The van der Waals surface area contributed by atoms with Crippen molar-refractivity contribution < 1.29 is 8.64 Å². The molecule has 0 aliphatic carbocycles. The third kappa shape index (κ3) is 3.71. The summed E-state index contributed by atoms with van der Waals surface area (Å²) in [5.41, 5.74) is 1.94. The molecule has 0 saturated carbocycles. The van der Waals surface area contributed by atoms with Crippen LogP contribution in [0.15, 0.2) is 60.7 Å². The Morgan fingerprint density at radius 1 is 0.833 bits per heavy atom. The zero-order valence-electron chi connectivity index (χ0n) is 9.83. The highest BCUT2D eigenvalue weighted by atomic mass is 35.5. The second-order valence-electron chi connectivity index (χ2n) is 4.17. The molecule has 0 fully saturated rings. The van der Waals surface area contributed by atoms with Crippen LogP contribution in [-0.4, -0.2) is 0 Å². The van der Waals surface area contributed by atoms with E-state index < -0.39 is 7.37 Å². The van der Waals surface area contributed by atoms with Crippen molar-refractivity contribution in [3.8, 4) is 0 Å². The summed E-state index contributed by atoms with van der Waals surface area (Å²) in [6.07, 6.45) is 0.707. The highest BCUT2D eigenvalue weighted by molar-refractivity contribution is 7.58. The van der Waals surface area contributed by atoms with Crippen molar-refractivity contribution in [3.63, 3.8) is 0 Å². The predicted molar refractivity (Wildman–Crippen MR) is 74.8 cm³/mol. The van der Waals surface area contributed by atoms with E-state index in [9.17, 15) is 4.57 Å². The zero-order chi connectivity index (χ0) is 12.8. The van der Waals surface area contributed by atoms with Crippen LogP contribution in [-0.2, 0) is 21.0 Å². The first kappa shape index (κ1) is 13.4. The number of hydrogen-bond acceptors (Lipinski definition) is 2. The fourth-order valence-corrected chi connectivity index (χ4v) is 3.86. The maximum atomic E-state index is 12.6. The van der Waals surface area contributed by atoms with E-state index in [0.717, 1.165) is 11.1 Å². The standard InChI is InChI=1S/C14H14ClO2P/c15-17-18(16,11-13-7-3-1-4-8-13)12-14-9-5-2-6-10-14/h1-10H,11-12H2. The molecule has 2 rings (SSSR count). The van der Waals surface area contributed by atoms with Crippen LogP contribution >= 0.6 is 19.2 Å². The molecule has 0 amide bonds. The van der Waals surface area contributed by atoms with Gasteiger partial charge in [-0.05, 0) is 11.1 Å². The van der Waals surface area contributed by atoms with Crippen LogP contribution in [0.1, 0.15) is 11.1 Å². The molecule has 0 aliphatic rings. The first-order valence-corrected chi connectivity index (χ1v) is 7.98. The fourth-order valence-electron chi connectivity index (χ4n) is 1.83. The molecule has 2 nitrogen and oxygen atoms in total. The molecule has 0 aliphatic heterocycles. The van der Waals surface area contributed by atoms with Gasteiger partial charge in [-0.1, -0.05) is 60.7 Å². The maximum absolute atomic E-state index is 12.6. The number of hydrogen-bond donors (Lipinski definition) is 0. The predicted octanol–water partition coefficient (Wildman–Crippen LogP) is 4.84. The van der Waals surface area contributed by atoms with Crippen molar-refractivity contribution >= 4 is 19.2 Å². The van der Waals surface area contributed by atoms with Gasteiger partial charge in [-0.2, -0.15) is 0 Å². The van der Waals surface area contributed by atoms with Crippen LogP contribution in [0.5, 0.6) is 0 Å². The van der Waals surface area contributed by atoms with Crippen molar-refractivity contribution in [1.82, 2.24) is 0 Å². The van der Waals surface area contributed by atoms with Crippen molar-refractivity contribution in [2.24, 2.45) is 0 Å². The van der Waals surface area contributed by atoms with Gasteiger partial charge < -0.3 is 0 Å². The van der Waals surface area contributed by atoms with Gasteiger partial charge in [0.1, 0.15) is 0 Å². The minimum atomic E-state index is -2.88. The molecule has 4 heteroatoms. The van der Waals surface area contributed by atoms with E-state index in [0.29, 0.717) is 12.3 Å². The van der Waals surface area contributed by atoms with E-state index >= 15 is 0 Å². The van der Waals surface area contributed by atoms with Gasteiger partial charge in [0.2, 0.25) is 7.37 Å². The lowest BCUT2D eigenvalue weighted by Crippen LogP contribution is -1.93. The maximum Gasteiger partial charge on any atom is 0.229 e. The molecule has 0 spiro atoms. The van der Waals surface area contributed by atoms with Gasteiger partial charge in [0, 0.05) is 0 Å². The molecular formula is C14H14ClO2P. The molecule has 94 valence electrons. The minimum Gasteiger partial charge on any atom is -0.291 e. The van der Waals surface area contributed by atoms with Gasteiger partial charge in [0.15, 0.2) is 0 Å². The van der Waals surface area contributed by atoms with E-state index in [1.165, 1.54) is 0 Å². The van der Waals surface area contributed by atoms with Crippen molar-refractivity contribution in [3.05, 3.63) is 71.8 Å². The summed E-state index contributed by atoms with van der Waals surface area (Å²) in [5, 5.41) is 0. The molecular weight excluding hydrogens is 267 g/mol. The summed E-state index contributed by atoms with van der Waals surface area (Å²) < 4.78 is 17.3. The SMILES string of the molecule is O=P(Cc1ccccc1)(Cc1ccccc1)OCl. The van der Waals surface area contributed by atoms with Gasteiger partial charge in [0.25, 0.3) is 0 Å². The van der Waals surface area contributed by atoms with Gasteiger partial charge in [-0.15, -0.1) is 0 Å². The van der Waals surface area contributed by atoms with E-state index in [1.807, 2.05) is 60.7 Å². The first-order valence-electron chi connectivity index (χ1n) is 5.68. The fraction of sp³-hybridized carbons (Fsp3) is 0.143. The lowest BCUT2D eigenvalue weighted by Gasteiger charge is -2.14. The third-order valence-electron chi connectivity index (χ3n) is 2.66. The Morgan fingerprint density at radius 3 is 1.56 bits per heavy atom. The highest BCUT2D eigenvalue weighted by Gasteiger charge is 2.24. The van der Waals surface area contributed by atoms with Crippen LogP contribution in [0.2, 0.25) is 0 Å². The molecule has 0 aromatic heterocycles. The molecule has 0 radical (unpaired) electrons. The molecule has 0 saturated heterocycles. The molecule has 0 heterocycles. The summed E-state index contributed by atoms with van der Waals surface area (Å²) >= 11 is 5.45. The molecule has 0 atom stereocenters. The monoisotopic (exact) mass is 280 g/mol. The third-order valence-corrected chi connectivity index (χ3v) is 5.36. The number of benzene rings is 2. The van der Waals surface area contributed by atoms with Gasteiger partial charge in [-0.3, -0.25) is 4.57 Å². The average Bonchev–Trinajstić information content (AvgIpc) is 2.41. The molecule has 2 aromatic rings. The average molecular weight is 281 g/mol. The molecule has 0 unspecified atom stereocenters. The number of rotatable bonds is 5. The Labute approximate surface area is 112 Å². The van der Waals surface area contributed by atoms with Gasteiger partial charge in [0.05, 0.1) is 24.2 Å². The molecule has 0 bridgehead atoms. The van der Waals surface area contributed by atoms with E-state index in [2.05, 4.69) is 0 Å². The Balaban J connectivity index is 2.14. The summed E-state index contributed by atoms with van der Waals surface area (Å²) in [7, 11) is -2.88. The van der Waals surface area contributed by atoms with Crippen LogP contribution in [0.25, 0.3) is 0 Å². The largest absolute Gasteiger partial charge is 0.291 e. The minimum absolute atomic E-state index is 0.353. The van der Waals surface area contributed by atoms with E-state index in [1.54, 1.807) is 0 Å². The molecule has 18 heavy (non-hydrogen) atoms. The number of halogens is 1. The van der Waals surface area contributed by atoms with Crippen LogP contribution in [0.4, 0.5) is 0 Å². The Morgan fingerprint density at radius 2 is 1.22 bits per heavy atom. The second-order valence-corrected chi connectivity index (χ2v) is 6.98. The summed E-state index contributed by atoms with van der Waals surface area (Å²) in [6.45, 7) is 0. The molecule has 2 aromatic carbocycles. The lowest BCUT2D eigenvalue weighted by molar-refractivity contribution is 0.500. The van der Waals surface area contributed by atoms with Crippen LogP contribution in [0.3, 0.4) is 0 Å². The summed E-state index contributed by atoms with van der Waals surface area (Å²) in [4.78, 5) is 0. The van der Waals surface area contributed by atoms with Crippen molar-refractivity contribution in [2.45, 2.75) is 12.3 Å². The topological polar surface area (TPSA) is 26.3 Å². The van der Waals surface area contributed by atoms with Crippen molar-refractivity contribution in [2.75, 3.05) is 0 Å². The van der Waals surface area contributed by atoms with Gasteiger partial charge >= 0.3 is 0 Å². The van der Waals surface area contributed by atoms with E-state index in [-0.39, 0.29) is 0 Å². The summed E-state index contributed by atoms with van der Waals surface area (Å²) in [5.74, 6) is 0. The summed E-state index contributed by atoms with van der Waals surface area (Å²) in [6, 6.07) is 19.2. The van der Waals surface area contributed by atoms with Crippen LogP contribution < -0.4 is 0 Å². The second kappa shape index (κ2) is 6.19. The first-order chi connectivity index (χ1) is 8.72. The quantitative estimate of drug-likeness (QED) is 0.733. The van der Waals surface area contributed by atoms with Gasteiger partial charge in [-0.25, -0.2) is 4.08 Å². The lowest BCUT2D eigenvalue weighted by atomic mass is 10.2. The molecule has 0 N–H and O–H groups in total. The normalized spacial score (nSPS) is 11.4. The van der Waals surface area contributed by atoms with Crippen LogP contribution in [0, 0.1) is 0 Å². The van der Waals surface area contributed by atoms with E-state index in [4.69, 9.17) is 15.9 Å².